The highest BCUT2D eigenvalue weighted by Crippen LogP contribution is 2.20. The summed E-state index contributed by atoms with van der Waals surface area (Å²) in [5, 5.41) is 0. The van der Waals surface area contributed by atoms with Crippen molar-refractivity contribution in [1.29, 1.82) is 0 Å². The van der Waals surface area contributed by atoms with Crippen molar-refractivity contribution in [2.75, 3.05) is 13.2 Å². The fraction of sp³-hybridized carbons (Fsp3) is 0.407. The molecule has 1 atom stereocenters. The number of nitrogens with zero attached hydrogens (tertiary/aromatic N) is 3. The zero-order valence-electron chi connectivity index (χ0n) is 19.6. The first-order valence-corrected chi connectivity index (χ1v) is 11.4. The van der Waals surface area contributed by atoms with E-state index < -0.39 is 0 Å². The predicted molar refractivity (Wildman–Crippen MR) is 127 cm³/mol. The van der Waals surface area contributed by atoms with Gasteiger partial charge in [-0.05, 0) is 69.4 Å². The minimum atomic E-state index is 0.0257. The monoisotopic (exact) mass is 431 g/mol. The second-order valence-corrected chi connectivity index (χ2v) is 9.04. The molecule has 0 aliphatic carbocycles. The summed E-state index contributed by atoms with van der Waals surface area (Å²) in [5.41, 5.74) is 7.01. The highest BCUT2D eigenvalue weighted by atomic mass is 16.5. The Kier molecular flexibility index (Phi) is 6.75. The van der Waals surface area contributed by atoms with Gasteiger partial charge in [0.2, 0.25) is 0 Å². The molecule has 1 aromatic heterocycles. The molecule has 5 heteroatoms. The quantitative estimate of drug-likeness (QED) is 0.530. The molecule has 0 radical (unpaired) electrons. The Bertz CT molecular complexity index is 1060. The van der Waals surface area contributed by atoms with E-state index in [1.165, 1.54) is 22.3 Å². The molecule has 0 N–H and O–H groups in total. The van der Waals surface area contributed by atoms with Crippen LogP contribution in [0.4, 0.5) is 0 Å². The molecule has 3 aromatic rings. The Morgan fingerprint density at radius 1 is 1.09 bits per heavy atom. The van der Waals surface area contributed by atoms with Crippen molar-refractivity contribution in [2.24, 2.45) is 0 Å². The second-order valence-electron chi connectivity index (χ2n) is 9.04. The first kappa shape index (κ1) is 22.3. The fourth-order valence-electron chi connectivity index (χ4n) is 4.57. The van der Waals surface area contributed by atoms with Crippen LogP contribution in [0, 0.1) is 27.7 Å². The molecule has 1 amide bonds. The van der Waals surface area contributed by atoms with E-state index >= 15 is 0 Å². The minimum absolute atomic E-state index is 0.0257. The minimum Gasteiger partial charge on any atom is -0.376 e. The maximum atomic E-state index is 13.4. The second kappa shape index (κ2) is 9.70. The molecule has 168 valence electrons. The van der Waals surface area contributed by atoms with E-state index in [4.69, 9.17) is 4.74 Å². The van der Waals surface area contributed by atoms with Gasteiger partial charge in [-0.3, -0.25) is 4.79 Å². The summed E-state index contributed by atoms with van der Waals surface area (Å²) < 4.78 is 8.02. The van der Waals surface area contributed by atoms with Gasteiger partial charge in [0, 0.05) is 37.7 Å². The predicted octanol–water partition coefficient (Wildman–Crippen LogP) is 4.99. The normalized spacial score (nSPS) is 15.8. The summed E-state index contributed by atoms with van der Waals surface area (Å²) in [6.07, 6.45) is 5.98. The van der Waals surface area contributed by atoms with Crippen LogP contribution in [0.5, 0.6) is 0 Å². The van der Waals surface area contributed by atoms with E-state index in [9.17, 15) is 4.79 Å². The van der Waals surface area contributed by atoms with Crippen molar-refractivity contribution in [2.45, 2.75) is 59.7 Å². The van der Waals surface area contributed by atoms with Gasteiger partial charge in [0.15, 0.2) is 0 Å². The Morgan fingerprint density at radius 3 is 2.47 bits per heavy atom. The van der Waals surface area contributed by atoms with Crippen LogP contribution in [-0.2, 0) is 17.8 Å². The fourth-order valence-corrected chi connectivity index (χ4v) is 4.57. The molecule has 0 saturated carbocycles. The van der Waals surface area contributed by atoms with Crippen LogP contribution in [0.25, 0.3) is 0 Å². The number of aromatic nitrogens is 2. The number of aryl methyl sites for hydroxylation is 4. The zero-order valence-corrected chi connectivity index (χ0v) is 19.6. The number of ether oxygens (including phenoxy) is 1. The average Bonchev–Trinajstić information content (AvgIpc) is 3.42. The summed E-state index contributed by atoms with van der Waals surface area (Å²) in [6, 6.07) is 12.2. The SMILES string of the molecule is Cc1ccc(C(=O)N(Cc2nccn2Cc2c(C)cc(C)cc2C)CC2CCCO2)cc1. The summed E-state index contributed by atoms with van der Waals surface area (Å²) in [4.78, 5) is 19.9. The summed E-state index contributed by atoms with van der Waals surface area (Å²) in [5.74, 6) is 0.917. The maximum absolute atomic E-state index is 13.4. The third kappa shape index (κ3) is 5.10. The van der Waals surface area contributed by atoms with Crippen molar-refractivity contribution in [1.82, 2.24) is 14.5 Å². The number of carbonyl (C=O) groups is 1. The molecule has 0 bridgehead atoms. The van der Waals surface area contributed by atoms with E-state index in [0.717, 1.165) is 37.4 Å². The van der Waals surface area contributed by atoms with Crippen LogP contribution >= 0.6 is 0 Å². The van der Waals surface area contributed by atoms with E-state index in [1.54, 1.807) is 0 Å². The first-order chi connectivity index (χ1) is 15.4. The van der Waals surface area contributed by atoms with Gasteiger partial charge in [0.1, 0.15) is 5.82 Å². The molecule has 1 unspecified atom stereocenters. The number of imidazole rings is 1. The van der Waals surface area contributed by atoms with Crippen LogP contribution in [0.1, 0.15) is 56.8 Å². The molecule has 1 aliphatic rings. The molecule has 2 aromatic carbocycles. The number of amides is 1. The molecule has 1 saturated heterocycles. The largest absolute Gasteiger partial charge is 0.376 e. The van der Waals surface area contributed by atoms with Gasteiger partial charge < -0.3 is 14.2 Å². The van der Waals surface area contributed by atoms with E-state index in [1.807, 2.05) is 48.5 Å². The van der Waals surface area contributed by atoms with Gasteiger partial charge in [-0.2, -0.15) is 0 Å². The van der Waals surface area contributed by atoms with Crippen molar-refractivity contribution >= 4 is 5.91 Å². The lowest BCUT2D eigenvalue weighted by Crippen LogP contribution is -2.37. The van der Waals surface area contributed by atoms with Gasteiger partial charge in [0.25, 0.3) is 5.91 Å². The van der Waals surface area contributed by atoms with Gasteiger partial charge in [-0.15, -0.1) is 0 Å². The molecule has 5 nitrogen and oxygen atoms in total. The Labute approximate surface area is 191 Å². The van der Waals surface area contributed by atoms with E-state index in [-0.39, 0.29) is 12.0 Å². The van der Waals surface area contributed by atoms with Gasteiger partial charge >= 0.3 is 0 Å². The lowest BCUT2D eigenvalue weighted by Gasteiger charge is -2.26. The van der Waals surface area contributed by atoms with E-state index in [2.05, 4.69) is 42.5 Å². The van der Waals surface area contributed by atoms with Crippen LogP contribution in [-0.4, -0.2) is 39.6 Å². The maximum Gasteiger partial charge on any atom is 0.254 e. The number of hydrogen-bond donors (Lipinski definition) is 0. The third-order valence-electron chi connectivity index (χ3n) is 6.34. The average molecular weight is 432 g/mol. The lowest BCUT2D eigenvalue weighted by atomic mass is 10.00. The number of carbonyl (C=O) groups excluding carboxylic acids is 1. The summed E-state index contributed by atoms with van der Waals surface area (Å²) in [6.45, 7) is 11.1. The van der Waals surface area contributed by atoms with Gasteiger partial charge in [0.05, 0.1) is 12.6 Å². The smallest absolute Gasteiger partial charge is 0.254 e. The van der Waals surface area contributed by atoms with Crippen molar-refractivity contribution in [3.63, 3.8) is 0 Å². The van der Waals surface area contributed by atoms with Gasteiger partial charge in [-0.25, -0.2) is 4.98 Å². The van der Waals surface area contributed by atoms with Crippen molar-refractivity contribution in [3.05, 3.63) is 88.0 Å². The highest BCUT2D eigenvalue weighted by molar-refractivity contribution is 5.94. The topological polar surface area (TPSA) is 47.4 Å². The van der Waals surface area contributed by atoms with Crippen LogP contribution in [0.3, 0.4) is 0 Å². The number of hydrogen-bond acceptors (Lipinski definition) is 3. The molecule has 4 rings (SSSR count). The molecular formula is C27H33N3O2. The molecule has 2 heterocycles. The number of rotatable bonds is 7. The molecule has 0 spiro atoms. The standard InChI is InChI=1S/C27H33N3O2/c1-19-7-9-23(10-8-19)27(31)30(16-24-6-5-13-32-24)18-26-28-11-12-29(26)17-25-21(3)14-20(2)15-22(25)4/h7-12,14-15,24H,5-6,13,16-18H2,1-4H3. The summed E-state index contributed by atoms with van der Waals surface area (Å²) in [7, 11) is 0. The Balaban J connectivity index is 1.58. The lowest BCUT2D eigenvalue weighted by molar-refractivity contribution is 0.0499. The first-order valence-electron chi connectivity index (χ1n) is 11.4. The van der Waals surface area contributed by atoms with Gasteiger partial charge in [-0.1, -0.05) is 35.4 Å². The van der Waals surface area contributed by atoms with E-state index in [0.29, 0.717) is 18.7 Å². The number of benzene rings is 2. The van der Waals surface area contributed by atoms with Crippen LogP contribution in [0.2, 0.25) is 0 Å². The van der Waals surface area contributed by atoms with Crippen LogP contribution in [0.15, 0.2) is 48.8 Å². The third-order valence-corrected chi connectivity index (χ3v) is 6.34. The molecule has 32 heavy (non-hydrogen) atoms. The van der Waals surface area contributed by atoms with Crippen molar-refractivity contribution < 1.29 is 9.53 Å². The highest BCUT2D eigenvalue weighted by Gasteiger charge is 2.25. The Morgan fingerprint density at radius 2 is 1.81 bits per heavy atom. The van der Waals surface area contributed by atoms with Crippen LogP contribution < -0.4 is 0 Å². The molecule has 1 fully saturated rings. The molecular weight excluding hydrogens is 398 g/mol. The molecule has 1 aliphatic heterocycles. The van der Waals surface area contributed by atoms with Crippen molar-refractivity contribution in [3.8, 4) is 0 Å². The summed E-state index contributed by atoms with van der Waals surface area (Å²) >= 11 is 0. The zero-order chi connectivity index (χ0) is 22.7. The Hall–Kier alpha value is -2.92.